The molecule has 224 valence electrons. The molecule has 0 radical (unpaired) electrons. The molecule has 3 nitrogen and oxygen atoms in total. The highest BCUT2D eigenvalue weighted by Gasteiger charge is 2.25. The zero-order chi connectivity index (χ0) is 31.3. The Morgan fingerprint density at radius 1 is 0.583 bits per heavy atom. The molecule has 0 saturated heterocycles. The third-order valence-electron chi connectivity index (χ3n) is 10.2. The van der Waals surface area contributed by atoms with Crippen LogP contribution < -0.4 is 0 Å². The topological polar surface area (TPSA) is 30.7 Å². The van der Waals surface area contributed by atoms with Gasteiger partial charge in [-0.05, 0) is 58.3 Å². The highest BCUT2D eigenvalue weighted by molar-refractivity contribution is 7.27. The summed E-state index contributed by atoms with van der Waals surface area (Å²) in [5, 5.41) is 11.1. The number of benzene rings is 7. The van der Waals surface area contributed by atoms with Crippen molar-refractivity contribution in [2.24, 2.45) is 0 Å². The molecule has 3 heterocycles. The molecule has 48 heavy (non-hydrogen) atoms. The molecule has 0 N–H and O–H groups in total. The van der Waals surface area contributed by atoms with Gasteiger partial charge in [-0.15, -0.1) is 11.3 Å². The molecule has 0 aliphatic heterocycles. The number of aryl methyl sites for hydroxylation is 1. The van der Waals surface area contributed by atoms with Crippen LogP contribution in [-0.2, 0) is 6.42 Å². The number of hydrogen-bond donors (Lipinski definition) is 0. The van der Waals surface area contributed by atoms with Crippen molar-refractivity contribution in [1.29, 1.82) is 0 Å². The van der Waals surface area contributed by atoms with Crippen LogP contribution >= 0.6 is 11.3 Å². The number of allylic oxidation sites excluding steroid dienone is 1. The van der Waals surface area contributed by atoms with Gasteiger partial charge in [-0.3, -0.25) is 4.57 Å². The molecule has 0 atom stereocenters. The Morgan fingerprint density at radius 2 is 1.33 bits per heavy atom. The maximum absolute atomic E-state index is 5.49. The summed E-state index contributed by atoms with van der Waals surface area (Å²) in [6.07, 6.45) is 6.87. The first-order valence-electron chi connectivity index (χ1n) is 16.6. The summed E-state index contributed by atoms with van der Waals surface area (Å²) in [5.41, 5.74) is 8.10. The zero-order valence-corrected chi connectivity index (χ0v) is 26.8. The van der Waals surface area contributed by atoms with Gasteiger partial charge in [0.1, 0.15) is 0 Å². The maximum atomic E-state index is 5.49. The number of aromatic nitrogens is 3. The van der Waals surface area contributed by atoms with Crippen molar-refractivity contribution in [2.45, 2.75) is 12.8 Å². The van der Waals surface area contributed by atoms with E-state index in [1.165, 1.54) is 63.7 Å². The van der Waals surface area contributed by atoms with Crippen LogP contribution in [0.5, 0.6) is 0 Å². The molecule has 1 aliphatic carbocycles. The minimum absolute atomic E-state index is 0.694. The Kier molecular flexibility index (Phi) is 5.38. The number of hydrogen-bond acceptors (Lipinski definition) is 3. The minimum Gasteiger partial charge on any atom is -0.276 e. The number of fused-ring (bicyclic) bond motifs is 15. The smallest absolute Gasteiger partial charge is 0.235 e. The second kappa shape index (κ2) is 9.83. The van der Waals surface area contributed by atoms with E-state index >= 15 is 0 Å². The van der Waals surface area contributed by atoms with E-state index in [0.717, 1.165) is 45.9 Å². The SMILES string of the molecule is C1=Cc2c(ccc3sc4c(c5ccccc5c5c6ccccc6n(-c6nc(-c7ccccc7)c7ccc8ccccc8c7n6)c45)c23)CC1. The third kappa shape index (κ3) is 3.53. The molecule has 0 unspecified atom stereocenters. The summed E-state index contributed by atoms with van der Waals surface area (Å²) < 4.78 is 4.95. The highest BCUT2D eigenvalue weighted by Crippen LogP contribution is 2.49. The molecule has 0 amide bonds. The van der Waals surface area contributed by atoms with E-state index in [0.29, 0.717) is 5.95 Å². The van der Waals surface area contributed by atoms with Crippen LogP contribution in [0.15, 0.2) is 133 Å². The van der Waals surface area contributed by atoms with Crippen molar-refractivity contribution >= 4 is 91.8 Å². The Bertz CT molecular complexity index is 3000. The van der Waals surface area contributed by atoms with Gasteiger partial charge in [0.25, 0.3) is 0 Å². The van der Waals surface area contributed by atoms with Gasteiger partial charge in [0, 0.05) is 42.6 Å². The van der Waals surface area contributed by atoms with Crippen molar-refractivity contribution in [3.05, 3.63) is 145 Å². The zero-order valence-electron chi connectivity index (χ0n) is 25.9. The largest absolute Gasteiger partial charge is 0.276 e. The standard InChI is InChI=1S/C44H27N3S/c1-2-14-28(15-3-1)40-34-24-22-27-13-5-7-17-30(27)41(34)46-44(45-40)47-35-21-11-10-20-33(35)37-31-18-8-9-19-32(31)39-38-29-16-6-4-12-26(29)23-25-36(38)48-43(39)42(37)47/h1-3,5-11,13-25H,4,12H2. The number of thiophene rings is 1. The molecule has 7 aromatic carbocycles. The number of nitrogens with zero attached hydrogens (tertiary/aromatic N) is 3. The van der Waals surface area contributed by atoms with Crippen molar-refractivity contribution in [1.82, 2.24) is 14.5 Å². The van der Waals surface area contributed by atoms with Crippen molar-refractivity contribution in [3.63, 3.8) is 0 Å². The lowest BCUT2D eigenvalue weighted by atomic mass is 9.91. The van der Waals surface area contributed by atoms with Crippen LogP contribution in [0.3, 0.4) is 0 Å². The van der Waals surface area contributed by atoms with Crippen LogP contribution in [-0.4, -0.2) is 14.5 Å². The fraction of sp³-hybridized carbons (Fsp3) is 0.0455. The number of rotatable bonds is 2. The maximum Gasteiger partial charge on any atom is 0.235 e. The fourth-order valence-corrected chi connectivity index (χ4v) is 9.43. The summed E-state index contributed by atoms with van der Waals surface area (Å²) >= 11 is 1.90. The van der Waals surface area contributed by atoms with E-state index in [2.05, 4.69) is 144 Å². The summed E-state index contributed by atoms with van der Waals surface area (Å²) in [6, 6.07) is 45.9. The molecule has 4 heteroatoms. The Morgan fingerprint density at radius 3 is 2.21 bits per heavy atom. The van der Waals surface area contributed by atoms with E-state index in [4.69, 9.17) is 9.97 Å². The van der Waals surface area contributed by atoms with Crippen molar-refractivity contribution in [3.8, 4) is 17.2 Å². The van der Waals surface area contributed by atoms with E-state index in [1.807, 2.05) is 11.3 Å². The second-order valence-corrected chi connectivity index (χ2v) is 13.9. The first-order valence-corrected chi connectivity index (χ1v) is 17.4. The quantitative estimate of drug-likeness (QED) is 0.178. The van der Waals surface area contributed by atoms with Crippen LogP contribution in [0.2, 0.25) is 0 Å². The Labute approximate surface area is 280 Å². The number of para-hydroxylation sites is 1. The van der Waals surface area contributed by atoms with E-state index in [1.54, 1.807) is 0 Å². The van der Waals surface area contributed by atoms with Crippen molar-refractivity contribution < 1.29 is 0 Å². The van der Waals surface area contributed by atoms with Crippen molar-refractivity contribution in [2.75, 3.05) is 0 Å². The van der Waals surface area contributed by atoms with Crippen LogP contribution in [0.1, 0.15) is 17.5 Å². The monoisotopic (exact) mass is 629 g/mol. The van der Waals surface area contributed by atoms with Gasteiger partial charge in [0.05, 0.1) is 26.9 Å². The average molecular weight is 630 g/mol. The van der Waals surface area contributed by atoms with Gasteiger partial charge in [-0.1, -0.05) is 121 Å². The molecule has 0 spiro atoms. The first kappa shape index (κ1) is 26.3. The average Bonchev–Trinajstić information content (AvgIpc) is 3.72. The summed E-state index contributed by atoms with van der Waals surface area (Å²) in [5.74, 6) is 0.694. The van der Waals surface area contributed by atoms with Crippen LogP contribution in [0.4, 0.5) is 0 Å². The highest BCUT2D eigenvalue weighted by atomic mass is 32.1. The molecule has 11 rings (SSSR count). The molecule has 0 fully saturated rings. The lowest BCUT2D eigenvalue weighted by Gasteiger charge is -2.14. The summed E-state index contributed by atoms with van der Waals surface area (Å²) in [6.45, 7) is 0. The molecule has 1 aliphatic rings. The van der Waals surface area contributed by atoms with Gasteiger partial charge in [-0.2, -0.15) is 0 Å². The second-order valence-electron chi connectivity index (χ2n) is 12.8. The Hall–Kier alpha value is -5.84. The normalized spacial score (nSPS) is 13.2. The lowest BCUT2D eigenvalue weighted by Crippen LogP contribution is -2.04. The van der Waals surface area contributed by atoms with E-state index in [9.17, 15) is 0 Å². The van der Waals surface area contributed by atoms with E-state index in [-0.39, 0.29) is 0 Å². The van der Waals surface area contributed by atoms with E-state index < -0.39 is 0 Å². The predicted molar refractivity (Wildman–Crippen MR) is 205 cm³/mol. The summed E-state index contributed by atoms with van der Waals surface area (Å²) in [4.78, 5) is 11.0. The Balaban J connectivity index is 1.39. The lowest BCUT2D eigenvalue weighted by molar-refractivity contribution is 0.990. The minimum atomic E-state index is 0.694. The summed E-state index contributed by atoms with van der Waals surface area (Å²) in [7, 11) is 0. The van der Waals surface area contributed by atoms with Gasteiger partial charge in [0.15, 0.2) is 0 Å². The first-order chi connectivity index (χ1) is 23.8. The predicted octanol–water partition coefficient (Wildman–Crippen LogP) is 12.0. The fourth-order valence-electron chi connectivity index (χ4n) is 8.15. The van der Waals surface area contributed by atoms with Crippen LogP contribution in [0.25, 0.3) is 97.7 Å². The van der Waals surface area contributed by atoms with Gasteiger partial charge in [-0.25, -0.2) is 9.97 Å². The third-order valence-corrected chi connectivity index (χ3v) is 11.4. The van der Waals surface area contributed by atoms with Crippen LogP contribution in [0, 0.1) is 0 Å². The molecule has 10 aromatic rings. The molecule has 0 bridgehead atoms. The molecule has 0 saturated carbocycles. The molecular formula is C44H27N3S. The molecular weight excluding hydrogens is 603 g/mol. The van der Waals surface area contributed by atoms with Gasteiger partial charge >= 0.3 is 0 Å². The molecule has 3 aromatic heterocycles. The van der Waals surface area contributed by atoms with Gasteiger partial charge < -0.3 is 0 Å². The van der Waals surface area contributed by atoms with Gasteiger partial charge in [0.2, 0.25) is 5.95 Å².